The van der Waals surface area contributed by atoms with Crippen molar-refractivity contribution in [3.8, 4) is 0 Å². The molecule has 0 saturated heterocycles. The second kappa shape index (κ2) is 2.78. The Morgan fingerprint density at radius 2 is 1.85 bits per heavy atom. The summed E-state index contributed by atoms with van der Waals surface area (Å²) in [6.45, 7) is 0.262. The Morgan fingerprint density at radius 3 is 2.08 bits per heavy atom. The van der Waals surface area contributed by atoms with E-state index in [4.69, 9.17) is 0 Å². The molecule has 0 spiro atoms. The lowest BCUT2D eigenvalue weighted by molar-refractivity contribution is 0.386. The van der Waals surface area contributed by atoms with Crippen LogP contribution in [-0.2, 0) is 5.41 Å². The average Bonchev–Trinajstić information content (AvgIpc) is 2.28. The first-order valence-electron chi connectivity index (χ1n) is 3.88. The molecular formula is C7H10BF3NO-. The van der Waals surface area contributed by atoms with Crippen LogP contribution in [0.5, 0.6) is 0 Å². The van der Waals surface area contributed by atoms with Crippen molar-refractivity contribution in [3.63, 3.8) is 0 Å². The van der Waals surface area contributed by atoms with E-state index in [1.54, 1.807) is 20.8 Å². The second-order valence-electron chi connectivity index (χ2n) is 3.94. The van der Waals surface area contributed by atoms with Crippen molar-refractivity contribution in [2.45, 2.75) is 26.2 Å². The summed E-state index contributed by atoms with van der Waals surface area (Å²) in [5, 5.41) is 3.37. The highest BCUT2D eigenvalue weighted by Gasteiger charge is 2.32. The summed E-state index contributed by atoms with van der Waals surface area (Å²) in [5.74, 6) is 0. The minimum Gasteiger partial charge on any atom is -0.443 e. The van der Waals surface area contributed by atoms with Gasteiger partial charge in [0.05, 0.1) is 11.4 Å². The molecule has 0 aliphatic carbocycles. The fraction of sp³-hybridized carbons (Fsp3) is 0.571. The Morgan fingerprint density at radius 1 is 1.31 bits per heavy atom. The topological polar surface area (TPSA) is 26.0 Å². The van der Waals surface area contributed by atoms with Crippen LogP contribution < -0.4 is 5.66 Å². The molecule has 1 rings (SSSR count). The van der Waals surface area contributed by atoms with Gasteiger partial charge in [0, 0.05) is 5.41 Å². The number of rotatable bonds is 1. The average molecular weight is 192 g/mol. The maximum absolute atomic E-state index is 12.1. The van der Waals surface area contributed by atoms with Gasteiger partial charge in [-0.1, -0.05) is 25.9 Å². The van der Waals surface area contributed by atoms with E-state index >= 15 is 0 Å². The summed E-state index contributed by atoms with van der Waals surface area (Å²) in [4.78, 5) is 0. The smallest absolute Gasteiger partial charge is 0.443 e. The zero-order valence-electron chi connectivity index (χ0n) is 7.64. The van der Waals surface area contributed by atoms with Crippen LogP contribution in [0.15, 0.2) is 10.6 Å². The summed E-state index contributed by atoms with van der Waals surface area (Å²) in [6.07, 6.45) is 0. The lowest BCUT2D eigenvalue weighted by atomic mass is 9.84. The predicted molar refractivity (Wildman–Crippen MR) is 43.9 cm³/mol. The van der Waals surface area contributed by atoms with Crippen molar-refractivity contribution in [2.75, 3.05) is 0 Å². The van der Waals surface area contributed by atoms with Crippen LogP contribution in [0, 0.1) is 0 Å². The molecule has 0 saturated carbocycles. The number of nitrogens with zero attached hydrogens (tertiary/aromatic N) is 1. The van der Waals surface area contributed by atoms with Gasteiger partial charge in [0.2, 0.25) is 0 Å². The summed E-state index contributed by atoms with van der Waals surface area (Å²) >= 11 is 0. The molecule has 0 unspecified atom stereocenters. The fourth-order valence-corrected chi connectivity index (χ4v) is 0.797. The first kappa shape index (κ1) is 10.1. The van der Waals surface area contributed by atoms with Crippen LogP contribution in [0.3, 0.4) is 0 Å². The van der Waals surface area contributed by atoms with Gasteiger partial charge in [0.15, 0.2) is 0 Å². The van der Waals surface area contributed by atoms with E-state index in [0.717, 1.165) is 6.07 Å². The lowest BCUT2D eigenvalue weighted by Crippen LogP contribution is -2.32. The van der Waals surface area contributed by atoms with Gasteiger partial charge in [-0.25, -0.2) is 0 Å². The van der Waals surface area contributed by atoms with Crippen molar-refractivity contribution in [2.24, 2.45) is 0 Å². The summed E-state index contributed by atoms with van der Waals surface area (Å²) in [7, 11) is 0. The predicted octanol–water partition coefficient (Wildman–Crippen LogP) is 2.03. The van der Waals surface area contributed by atoms with Crippen molar-refractivity contribution >= 4 is 12.6 Å². The largest absolute Gasteiger partial charge is 0.547 e. The van der Waals surface area contributed by atoms with Gasteiger partial charge in [0.1, 0.15) is 0 Å². The van der Waals surface area contributed by atoms with Gasteiger partial charge in [-0.2, -0.15) is 0 Å². The fourth-order valence-electron chi connectivity index (χ4n) is 0.797. The number of hydrogen-bond acceptors (Lipinski definition) is 2. The Bertz CT molecular complexity index is 271. The monoisotopic (exact) mass is 192 g/mol. The van der Waals surface area contributed by atoms with Gasteiger partial charge in [-0.15, -0.1) is 0 Å². The van der Waals surface area contributed by atoms with Gasteiger partial charge >= 0.3 is 6.98 Å². The van der Waals surface area contributed by atoms with Crippen LogP contribution in [0.1, 0.15) is 26.5 Å². The third-order valence-corrected chi connectivity index (χ3v) is 1.62. The number of hydrogen-bond donors (Lipinski definition) is 0. The van der Waals surface area contributed by atoms with E-state index in [-0.39, 0.29) is 0 Å². The van der Waals surface area contributed by atoms with Crippen molar-refractivity contribution in [3.05, 3.63) is 11.8 Å². The molecule has 0 bridgehead atoms. The molecule has 0 fully saturated rings. The Hall–Kier alpha value is -0.935. The number of aromatic nitrogens is 1. The van der Waals surface area contributed by atoms with Gasteiger partial charge in [-0.05, 0) is 6.07 Å². The summed E-state index contributed by atoms with van der Waals surface area (Å²) in [6, 6.07) is 0.958. The molecule has 0 amide bonds. The molecule has 1 aromatic heterocycles. The van der Waals surface area contributed by atoms with Crippen LogP contribution >= 0.6 is 0 Å². The SMILES string of the molecule is CC(C)(C)c1cc([B-](F)(F)F)on1. The summed E-state index contributed by atoms with van der Waals surface area (Å²) in [5.41, 5.74) is -1.07. The minimum absolute atomic E-state index is 0.321. The third-order valence-electron chi connectivity index (χ3n) is 1.62. The molecule has 1 heterocycles. The zero-order chi connectivity index (χ0) is 10.3. The third kappa shape index (κ3) is 2.26. The van der Waals surface area contributed by atoms with Crippen LogP contribution in [0.4, 0.5) is 12.9 Å². The lowest BCUT2D eigenvalue weighted by Gasteiger charge is -2.13. The zero-order valence-corrected chi connectivity index (χ0v) is 7.64. The quantitative estimate of drug-likeness (QED) is 0.636. The van der Waals surface area contributed by atoms with E-state index in [9.17, 15) is 12.9 Å². The van der Waals surface area contributed by atoms with Crippen LogP contribution in [-0.4, -0.2) is 12.1 Å². The van der Waals surface area contributed by atoms with Gasteiger partial charge in [0.25, 0.3) is 0 Å². The molecule has 0 aromatic carbocycles. The molecule has 74 valence electrons. The van der Waals surface area contributed by atoms with E-state index in [0.29, 0.717) is 5.69 Å². The first-order valence-corrected chi connectivity index (χ1v) is 3.88. The molecule has 0 aliphatic rings. The standard InChI is InChI=1S/C7H10BF3NO/c1-7(2,3)5-4-6(13-12-5)8(9,10)11/h4H,1-3H3/q-1. The molecule has 0 atom stereocenters. The van der Waals surface area contributed by atoms with E-state index in [2.05, 4.69) is 9.68 Å². The molecule has 0 aliphatic heterocycles. The summed E-state index contributed by atoms with van der Waals surface area (Å²) < 4.78 is 40.6. The molecule has 13 heavy (non-hydrogen) atoms. The molecule has 0 radical (unpaired) electrons. The highest BCUT2D eigenvalue weighted by atomic mass is 19.4. The van der Waals surface area contributed by atoms with E-state index < -0.39 is 18.1 Å². The van der Waals surface area contributed by atoms with Crippen molar-refractivity contribution < 1.29 is 17.5 Å². The minimum atomic E-state index is -5.07. The highest BCUT2D eigenvalue weighted by molar-refractivity contribution is 6.72. The van der Waals surface area contributed by atoms with E-state index in [1.165, 1.54) is 0 Å². The number of halogens is 3. The first-order chi connectivity index (χ1) is 5.71. The van der Waals surface area contributed by atoms with Gasteiger partial charge in [-0.3, -0.25) is 0 Å². The molecule has 1 aromatic rings. The van der Waals surface area contributed by atoms with Crippen molar-refractivity contribution in [1.29, 1.82) is 0 Å². The van der Waals surface area contributed by atoms with E-state index in [1.807, 2.05) is 0 Å². The molecule has 6 heteroatoms. The maximum Gasteiger partial charge on any atom is 0.547 e. The Balaban J connectivity index is 3.01. The van der Waals surface area contributed by atoms with Gasteiger partial charge < -0.3 is 17.5 Å². The molecule has 0 N–H and O–H groups in total. The Labute approximate surface area is 74.2 Å². The second-order valence-corrected chi connectivity index (χ2v) is 3.94. The highest BCUT2D eigenvalue weighted by Crippen LogP contribution is 2.20. The molecular weight excluding hydrogens is 182 g/mol. The maximum atomic E-state index is 12.1. The Kier molecular flexibility index (Phi) is 2.17. The molecule has 2 nitrogen and oxygen atoms in total. The normalized spacial score (nSPS) is 13.4. The van der Waals surface area contributed by atoms with Crippen LogP contribution in [0.2, 0.25) is 0 Å². The van der Waals surface area contributed by atoms with Crippen molar-refractivity contribution in [1.82, 2.24) is 5.16 Å². The van der Waals surface area contributed by atoms with Crippen LogP contribution in [0.25, 0.3) is 0 Å².